The van der Waals surface area contributed by atoms with Gasteiger partial charge in [0.05, 0.1) is 18.7 Å². The van der Waals surface area contributed by atoms with E-state index < -0.39 is 35.6 Å². The van der Waals surface area contributed by atoms with Gasteiger partial charge in [0, 0.05) is 61.5 Å². The van der Waals surface area contributed by atoms with Crippen LogP contribution in [0.2, 0.25) is 0 Å². The Labute approximate surface area is 202 Å². The molecule has 178 valence electrons. The van der Waals surface area contributed by atoms with Crippen molar-refractivity contribution < 1.29 is 29.0 Å². The summed E-state index contributed by atoms with van der Waals surface area (Å²) in [7, 11) is 0. The first-order valence-electron chi connectivity index (χ1n) is 13.2. The van der Waals surface area contributed by atoms with Crippen molar-refractivity contribution in [3.63, 3.8) is 0 Å². The van der Waals surface area contributed by atoms with Crippen LogP contribution >= 0.6 is 0 Å². The second kappa shape index (κ2) is 9.52. The molecule has 0 bridgehead atoms. The number of nitrogens with zero attached hydrogens (tertiary/aromatic N) is 2. The molecule has 3 aliphatic rings. The summed E-state index contributed by atoms with van der Waals surface area (Å²) >= 11 is 0. The fourth-order valence-corrected chi connectivity index (χ4v) is 4.39. The summed E-state index contributed by atoms with van der Waals surface area (Å²) < 4.78 is 54.4. The van der Waals surface area contributed by atoms with Gasteiger partial charge in [-0.1, -0.05) is 18.2 Å². The van der Waals surface area contributed by atoms with Crippen molar-refractivity contribution >= 4 is 23.4 Å². The SMILES string of the molecule is [2H]c1c([2H])c(CNc2cccc3c2CN([C@@]2([2H])CCC(=O)NC2=O)C3=O)c(F)c([2H])c1CN1CCOCC1. The van der Waals surface area contributed by atoms with E-state index in [1.165, 1.54) is 0 Å². The molecule has 0 radical (unpaired) electrons. The molecule has 1 atom stereocenters. The zero-order chi connectivity index (χ0) is 27.2. The van der Waals surface area contributed by atoms with E-state index in [0.717, 1.165) is 4.90 Å². The number of anilines is 1. The number of hydrogen-bond donors (Lipinski definition) is 2. The molecule has 0 spiro atoms. The second-order valence-corrected chi connectivity index (χ2v) is 8.44. The molecule has 34 heavy (non-hydrogen) atoms. The third kappa shape index (κ3) is 4.53. The Hall–Kier alpha value is -3.30. The molecule has 0 saturated carbocycles. The average Bonchev–Trinajstić information content (AvgIpc) is 3.26. The predicted octanol–water partition coefficient (Wildman–Crippen LogP) is 2.03. The minimum atomic E-state index is -1.93. The monoisotopic (exact) mass is 470 g/mol. The summed E-state index contributed by atoms with van der Waals surface area (Å²) in [5.74, 6) is -2.74. The van der Waals surface area contributed by atoms with E-state index in [1.807, 2.05) is 4.90 Å². The zero-order valence-electron chi connectivity index (χ0n) is 22.5. The fourth-order valence-electron chi connectivity index (χ4n) is 4.39. The molecule has 2 fully saturated rings. The number of ether oxygens (including phenoxy) is 1. The number of halogens is 1. The van der Waals surface area contributed by atoms with Gasteiger partial charge in [0.15, 0.2) is 0 Å². The van der Waals surface area contributed by atoms with Crippen molar-refractivity contribution in [2.75, 3.05) is 31.6 Å². The molecule has 2 aromatic rings. The maximum absolute atomic E-state index is 15.3. The quantitative estimate of drug-likeness (QED) is 0.628. The number of rotatable bonds is 6. The van der Waals surface area contributed by atoms with Gasteiger partial charge in [0.1, 0.15) is 11.8 Å². The first-order chi connectivity index (χ1) is 18.1. The van der Waals surface area contributed by atoms with E-state index >= 15 is 4.39 Å². The molecule has 9 heteroatoms. The van der Waals surface area contributed by atoms with Crippen LogP contribution in [0.15, 0.2) is 36.3 Å². The van der Waals surface area contributed by atoms with E-state index in [9.17, 15) is 14.4 Å². The van der Waals surface area contributed by atoms with Crippen molar-refractivity contribution in [3.8, 4) is 0 Å². The van der Waals surface area contributed by atoms with E-state index in [1.54, 1.807) is 18.2 Å². The van der Waals surface area contributed by atoms with E-state index in [0.29, 0.717) is 37.6 Å². The second-order valence-electron chi connectivity index (χ2n) is 8.44. The highest BCUT2D eigenvalue weighted by Gasteiger charge is 2.39. The Balaban J connectivity index is 1.37. The Morgan fingerprint density at radius 3 is 2.85 bits per heavy atom. The molecule has 3 heterocycles. The third-order valence-corrected chi connectivity index (χ3v) is 6.23. The number of imide groups is 1. The highest BCUT2D eigenvalue weighted by molar-refractivity contribution is 6.06. The normalized spacial score (nSPS) is 24.7. The van der Waals surface area contributed by atoms with Gasteiger partial charge in [0.25, 0.3) is 5.91 Å². The summed E-state index contributed by atoms with van der Waals surface area (Å²) in [6, 6.07) is 1.98. The van der Waals surface area contributed by atoms with Gasteiger partial charge in [-0.2, -0.15) is 0 Å². The maximum atomic E-state index is 15.3. The summed E-state index contributed by atoms with van der Waals surface area (Å²) in [5.41, 5.74) is 1.25. The van der Waals surface area contributed by atoms with Gasteiger partial charge in [-0.15, -0.1) is 0 Å². The van der Waals surface area contributed by atoms with Gasteiger partial charge in [0.2, 0.25) is 11.8 Å². The van der Waals surface area contributed by atoms with Gasteiger partial charge >= 0.3 is 0 Å². The number of carbonyl (C=O) groups excluding carboxylic acids is 3. The van der Waals surface area contributed by atoms with Crippen molar-refractivity contribution in [1.82, 2.24) is 15.1 Å². The molecule has 5 rings (SSSR count). The molecule has 0 unspecified atom stereocenters. The summed E-state index contributed by atoms with van der Waals surface area (Å²) in [4.78, 5) is 40.2. The first kappa shape index (κ1) is 18.1. The van der Waals surface area contributed by atoms with Crippen LogP contribution in [-0.2, 0) is 34.0 Å². The number of piperidine rings is 1. The molecular formula is C25H27FN4O4. The lowest BCUT2D eigenvalue weighted by Gasteiger charge is -2.29. The van der Waals surface area contributed by atoms with Crippen LogP contribution in [0.1, 0.15) is 45.4 Å². The van der Waals surface area contributed by atoms with Crippen LogP contribution in [0.25, 0.3) is 0 Å². The molecule has 3 amide bonds. The molecular weight excluding hydrogens is 439 g/mol. The largest absolute Gasteiger partial charge is 0.381 e. The molecule has 0 aromatic heterocycles. The molecule has 2 saturated heterocycles. The van der Waals surface area contributed by atoms with Crippen LogP contribution in [0, 0.1) is 5.82 Å². The number of morpholine rings is 1. The molecule has 2 N–H and O–H groups in total. The van der Waals surface area contributed by atoms with Gasteiger partial charge in [-0.05, 0) is 30.2 Å². The first-order valence-corrected chi connectivity index (χ1v) is 11.2. The topological polar surface area (TPSA) is 91.0 Å². The number of fused-ring (bicyclic) bond motifs is 1. The minimum Gasteiger partial charge on any atom is -0.381 e. The minimum absolute atomic E-state index is 0.0571. The van der Waals surface area contributed by atoms with Crippen molar-refractivity contribution in [1.29, 1.82) is 0 Å². The van der Waals surface area contributed by atoms with Crippen LogP contribution in [-0.4, -0.2) is 59.8 Å². The average molecular weight is 471 g/mol. The Morgan fingerprint density at radius 2 is 2.06 bits per heavy atom. The summed E-state index contributed by atoms with van der Waals surface area (Å²) in [5, 5.41) is 5.15. The Bertz CT molecular complexity index is 1310. The zero-order valence-corrected chi connectivity index (χ0v) is 18.5. The molecule has 2 aromatic carbocycles. The standard InChI is InChI=1S/C25H27FN4O4/c26-20-12-16(14-29-8-10-34-11-9-29)4-5-17(20)13-27-21-3-1-2-18-19(21)15-30(25(18)33)22-6-7-23(31)28-24(22)32/h1-5,12,22,27H,6-11,13-15H2,(H,28,31,32)/t22-/m0/s1/i4D,5D,12D,22D. The highest BCUT2D eigenvalue weighted by atomic mass is 19.1. The Morgan fingerprint density at radius 1 is 1.24 bits per heavy atom. The van der Waals surface area contributed by atoms with Gasteiger partial charge in [-0.3, -0.25) is 24.6 Å². The van der Waals surface area contributed by atoms with Crippen molar-refractivity contribution in [2.24, 2.45) is 0 Å². The van der Waals surface area contributed by atoms with Crippen LogP contribution in [0.3, 0.4) is 0 Å². The summed E-state index contributed by atoms with van der Waals surface area (Å²) in [6.07, 6.45) is -0.179. The van der Waals surface area contributed by atoms with Crippen molar-refractivity contribution in [3.05, 3.63) is 64.4 Å². The maximum Gasteiger partial charge on any atom is 0.255 e. The number of nitrogens with one attached hydrogen (secondary N) is 2. The predicted molar refractivity (Wildman–Crippen MR) is 122 cm³/mol. The van der Waals surface area contributed by atoms with E-state index in [-0.39, 0.29) is 61.3 Å². The smallest absolute Gasteiger partial charge is 0.255 e. The summed E-state index contributed by atoms with van der Waals surface area (Å²) in [6.45, 7) is 2.16. The van der Waals surface area contributed by atoms with E-state index in [4.69, 9.17) is 10.2 Å². The number of carbonyl (C=O) groups is 3. The lowest BCUT2D eigenvalue weighted by Crippen LogP contribution is -2.52. The van der Waals surface area contributed by atoms with Gasteiger partial charge in [-0.25, -0.2) is 4.39 Å². The lowest BCUT2D eigenvalue weighted by molar-refractivity contribution is -0.136. The van der Waals surface area contributed by atoms with Gasteiger partial charge < -0.3 is 15.0 Å². The fraction of sp³-hybridized carbons (Fsp3) is 0.400. The van der Waals surface area contributed by atoms with Crippen LogP contribution < -0.4 is 10.6 Å². The number of benzene rings is 2. The molecule has 0 aliphatic carbocycles. The van der Waals surface area contributed by atoms with Crippen LogP contribution in [0.5, 0.6) is 0 Å². The number of amides is 3. The highest BCUT2D eigenvalue weighted by Crippen LogP contribution is 2.32. The van der Waals surface area contributed by atoms with Crippen molar-refractivity contribution in [2.45, 2.75) is 38.5 Å². The number of hydrogen-bond acceptors (Lipinski definition) is 6. The third-order valence-electron chi connectivity index (χ3n) is 6.23. The molecule has 3 aliphatic heterocycles. The lowest BCUT2D eigenvalue weighted by atomic mass is 10.0. The van der Waals surface area contributed by atoms with E-state index in [2.05, 4.69) is 10.6 Å². The van der Waals surface area contributed by atoms with Crippen LogP contribution in [0.4, 0.5) is 10.1 Å². The Kier molecular flexibility index (Phi) is 5.06. The molecule has 8 nitrogen and oxygen atoms in total.